The summed E-state index contributed by atoms with van der Waals surface area (Å²) in [5.41, 5.74) is 7.75. The largest absolute Gasteiger partial charge is 0.0645 e. The van der Waals surface area contributed by atoms with E-state index in [0.717, 1.165) is 0 Å². The summed E-state index contributed by atoms with van der Waals surface area (Å²) in [7, 11) is 0. The molecular weight excluding hydrogens is 336 g/mol. The lowest BCUT2D eigenvalue weighted by atomic mass is 9.38. The average Bonchev–Trinajstić information content (AvgIpc) is 2.95. The highest BCUT2D eigenvalue weighted by atomic mass is 15.2. The molecule has 0 heterocycles. The first-order chi connectivity index (χ1) is 13.6. The zero-order valence-corrected chi connectivity index (χ0v) is 16.9. The molecule has 3 aromatic carbocycles. The Balaban J connectivity index is 1.63. The first kappa shape index (κ1) is 15.6. The van der Waals surface area contributed by atoms with E-state index in [2.05, 4.69) is 106 Å². The summed E-state index contributed by atoms with van der Waals surface area (Å²) in [5, 5.41) is 0. The van der Waals surface area contributed by atoms with Gasteiger partial charge >= 0.3 is 0 Å². The van der Waals surface area contributed by atoms with E-state index in [-0.39, 0.29) is 27.1 Å². The molecule has 0 radical (unpaired) electrons. The molecule has 0 heteroatoms. The van der Waals surface area contributed by atoms with Gasteiger partial charge < -0.3 is 0 Å². The molecule has 0 amide bonds. The fraction of sp³-hybridized carbons (Fsp3) is 0.357. The molecule has 3 aromatic rings. The van der Waals surface area contributed by atoms with Crippen molar-refractivity contribution >= 4 is 0 Å². The van der Waals surface area contributed by atoms with Crippen LogP contribution in [-0.4, -0.2) is 0 Å². The fourth-order valence-electron chi connectivity index (χ4n) is 10.1. The zero-order valence-electron chi connectivity index (χ0n) is 16.9. The second-order valence-corrected chi connectivity index (χ2v) is 9.92. The van der Waals surface area contributed by atoms with Gasteiger partial charge in [0.25, 0.3) is 0 Å². The SMILES string of the molecule is CCC12c3ccccc3C3(C)C1C1(c4ccccc4)C3(C)C21c1ccccc1. The molecule has 6 unspecified atom stereocenters. The highest BCUT2D eigenvalue weighted by Crippen LogP contribution is 3.12. The second-order valence-electron chi connectivity index (χ2n) is 9.92. The predicted octanol–water partition coefficient (Wildman–Crippen LogP) is 6.15. The molecule has 6 atom stereocenters. The molecule has 0 aliphatic heterocycles. The van der Waals surface area contributed by atoms with E-state index in [4.69, 9.17) is 0 Å². The molecule has 0 N–H and O–H groups in total. The average molecular weight is 363 g/mol. The van der Waals surface area contributed by atoms with E-state index in [0.29, 0.717) is 5.92 Å². The first-order valence-electron chi connectivity index (χ1n) is 10.8. The van der Waals surface area contributed by atoms with Crippen molar-refractivity contribution in [2.24, 2.45) is 11.3 Å². The van der Waals surface area contributed by atoms with E-state index in [9.17, 15) is 0 Å². The Bertz CT molecular complexity index is 1150. The smallest absolute Gasteiger partial charge is 0.0230 e. The maximum absolute atomic E-state index is 2.62. The number of fused-ring (bicyclic) bond motifs is 6. The van der Waals surface area contributed by atoms with Crippen LogP contribution in [0, 0.1) is 11.3 Å². The predicted molar refractivity (Wildman–Crippen MR) is 114 cm³/mol. The maximum atomic E-state index is 2.62. The molecule has 4 aliphatic rings. The molecule has 0 nitrogen and oxygen atoms in total. The molecule has 3 fully saturated rings. The Labute approximate surface area is 167 Å². The third kappa shape index (κ3) is 0.957. The molecule has 0 spiro atoms. The molecule has 28 heavy (non-hydrogen) atoms. The summed E-state index contributed by atoms with van der Waals surface area (Å²) in [4.78, 5) is 0. The van der Waals surface area contributed by atoms with Crippen LogP contribution in [0.15, 0.2) is 84.9 Å². The maximum Gasteiger partial charge on any atom is 0.0230 e. The van der Waals surface area contributed by atoms with Crippen molar-refractivity contribution in [2.75, 3.05) is 0 Å². The summed E-state index contributed by atoms with van der Waals surface area (Å²) in [5.74, 6) is 0.711. The Hall–Kier alpha value is -2.34. The van der Waals surface area contributed by atoms with Gasteiger partial charge in [-0.3, -0.25) is 0 Å². The highest BCUT2D eigenvalue weighted by molar-refractivity contribution is 5.86. The van der Waals surface area contributed by atoms with Crippen molar-refractivity contribution in [1.29, 1.82) is 0 Å². The molecule has 0 aromatic heterocycles. The van der Waals surface area contributed by atoms with Gasteiger partial charge in [0, 0.05) is 21.7 Å². The fourth-order valence-corrected chi connectivity index (χ4v) is 10.1. The number of hydrogen-bond acceptors (Lipinski definition) is 0. The van der Waals surface area contributed by atoms with Crippen LogP contribution in [0.1, 0.15) is 49.4 Å². The van der Waals surface area contributed by atoms with E-state index in [1.54, 1.807) is 22.3 Å². The van der Waals surface area contributed by atoms with Gasteiger partial charge in [-0.2, -0.15) is 0 Å². The van der Waals surface area contributed by atoms with Crippen LogP contribution in [0.2, 0.25) is 0 Å². The van der Waals surface area contributed by atoms with Gasteiger partial charge in [0.1, 0.15) is 0 Å². The summed E-state index contributed by atoms with van der Waals surface area (Å²) in [6, 6.07) is 32.4. The molecule has 3 saturated carbocycles. The van der Waals surface area contributed by atoms with Crippen LogP contribution in [0.4, 0.5) is 0 Å². The van der Waals surface area contributed by atoms with Gasteiger partial charge in [-0.15, -0.1) is 0 Å². The Morgan fingerprint density at radius 3 is 1.82 bits per heavy atom. The quantitative estimate of drug-likeness (QED) is 0.524. The third-order valence-corrected chi connectivity index (χ3v) is 10.2. The zero-order chi connectivity index (χ0) is 19.0. The van der Waals surface area contributed by atoms with Gasteiger partial charge in [0.2, 0.25) is 0 Å². The van der Waals surface area contributed by atoms with Crippen molar-refractivity contribution < 1.29 is 0 Å². The van der Waals surface area contributed by atoms with Crippen molar-refractivity contribution in [3.63, 3.8) is 0 Å². The lowest BCUT2D eigenvalue weighted by molar-refractivity contribution is -0.0373. The minimum atomic E-state index is 0.220. The van der Waals surface area contributed by atoms with E-state index < -0.39 is 0 Å². The summed E-state index contributed by atoms with van der Waals surface area (Å²) >= 11 is 0. The van der Waals surface area contributed by atoms with Crippen molar-refractivity contribution in [3.8, 4) is 0 Å². The van der Waals surface area contributed by atoms with Gasteiger partial charge in [-0.1, -0.05) is 106 Å². The van der Waals surface area contributed by atoms with E-state index in [1.165, 1.54) is 6.42 Å². The first-order valence-corrected chi connectivity index (χ1v) is 10.8. The monoisotopic (exact) mass is 362 g/mol. The van der Waals surface area contributed by atoms with Gasteiger partial charge in [0.05, 0.1) is 0 Å². The van der Waals surface area contributed by atoms with Crippen molar-refractivity contribution in [2.45, 2.75) is 48.9 Å². The summed E-state index contributed by atoms with van der Waals surface area (Å²) in [6.07, 6.45) is 1.23. The van der Waals surface area contributed by atoms with Gasteiger partial charge in [-0.25, -0.2) is 0 Å². The van der Waals surface area contributed by atoms with E-state index >= 15 is 0 Å². The van der Waals surface area contributed by atoms with Gasteiger partial charge in [0.15, 0.2) is 0 Å². The van der Waals surface area contributed by atoms with Crippen LogP contribution in [-0.2, 0) is 21.7 Å². The summed E-state index contributed by atoms with van der Waals surface area (Å²) in [6.45, 7) is 7.66. The van der Waals surface area contributed by atoms with Gasteiger partial charge in [-0.05, 0) is 40.0 Å². The Morgan fingerprint density at radius 2 is 1.21 bits per heavy atom. The molecule has 7 rings (SSSR count). The lowest BCUT2D eigenvalue weighted by Gasteiger charge is -2.64. The second kappa shape index (κ2) is 4.15. The Kier molecular flexibility index (Phi) is 2.31. The van der Waals surface area contributed by atoms with Crippen LogP contribution in [0.5, 0.6) is 0 Å². The van der Waals surface area contributed by atoms with Crippen LogP contribution in [0.25, 0.3) is 0 Å². The minimum absolute atomic E-state index is 0.220. The van der Waals surface area contributed by atoms with Crippen LogP contribution in [0.3, 0.4) is 0 Å². The number of rotatable bonds is 3. The third-order valence-electron chi connectivity index (χ3n) is 10.2. The normalized spacial score (nSPS) is 45.5. The standard InChI is InChI=1S/C28H26/c1-4-26-22-18-12-11-17-21(22)24(2)23(26)27(19-13-7-5-8-14-19)25(24,3)28(26,27)20-15-9-6-10-16-20/h5-18,23H,4H2,1-3H3. The minimum Gasteiger partial charge on any atom is -0.0645 e. The summed E-state index contributed by atoms with van der Waals surface area (Å²) < 4.78 is 0. The molecule has 4 aliphatic carbocycles. The molecule has 0 bridgehead atoms. The Morgan fingerprint density at radius 1 is 0.679 bits per heavy atom. The van der Waals surface area contributed by atoms with Crippen LogP contribution < -0.4 is 0 Å². The van der Waals surface area contributed by atoms with Crippen molar-refractivity contribution in [1.82, 2.24) is 0 Å². The molecule has 138 valence electrons. The lowest BCUT2D eigenvalue weighted by Crippen LogP contribution is -2.67. The van der Waals surface area contributed by atoms with Crippen molar-refractivity contribution in [3.05, 3.63) is 107 Å². The topological polar surface area (TPSA) is 0 Å². The number of hydrogen-bond donors (Lipinski definition) is 0. The number of benzene rings is 3. The molecule has 0 saturated heterocycles. The highest BCUT2D eigenvalue weighted by Gasteiger charge is 3.15. The van der Waals surface area contributed by atoms with Crippen LogP contribution >= 0.6 is 0 Å². The van der Waals surface area contributed by atoms with E-state index in [1.807, 2.05) is 0 Å². The molecular formula is C28H26.